The number of rotatable bonds is 2. The number of carbonyl (C=O) groups is 1. The lowest BCUT2D eigenvalue weighted by molar-refractivity contribution is -0.131. The molecule has 0 unspecified atom stereocenters. The molecule has 0 aliphatic rings. The average Bonchev–Trinajstić information content (AvgIpc) is 2.41. The van der Waals surface area contributed by atoms with E-state index in [1.165, 1.54) is 5.56 Å². The van der Waals surface area contributed by atoms with Crippen molar-refractivity contribution in [3.63, 3.8) is 0 Å². The highest BCUT2D eigenvalue weighted by Crippen LogP contribution is 2.20. The topological polar surface area (TPSA) is 57.5 Å². The van der Waals surface area contributed by atoms with Crippen LogP contribution in [0.4, 0.5) is 0 Å². The molecule has 0 bridgehead atoms. The molecule has 2 aromatic carbocycles. The maximum Gasteiger partial charge on any atom is 0.327 e. The Hall–Kier alpha value is -2.55. The van der Waals surface area contributed by atoms with E-state index in [-0.39, 0.29) is 0 Å². The van der Waals surface area contributed by atoms with Gasteiger partial charge in [0, 0.05) is 6.08 Å². The van der Waals surface area contributed by atoms with Gasteiger partial charge in [-0.1, -0.05) is 49.0 Å². The van der Waals surface area contributed by atoms with Gasteiger partial charge < -0.3 is 10.2 Å². The second-order valence-corrected chi connectivity index (χ2v) is 3.46. The maximum atomic E-state index is 9.25. The van der Waals surface area contributed by atoms with E-state index in [4.69, 9.17) is 10.2 Å². The lowest BCUT2D eigenvalue weighted by Gasteiger charge is -2.00. The van der Waals surface area contributed by atoms with Gasteiger partial charge in [0.25, 0.3) is 0 Å². The van der Waals surface area contributed by atoms with Gasteiger partial charge in [-0.3, -0.25) is 0 Å². The molecule has 3 nitrogen and oxygen atoms in total. The first-order valence-electron chi connectivity index (χ1n) is 5.33. The molecular formula is C15H14O3. The summed E-state index contributed by atoms with van der Waals surface area (Å²) in [6.07, 6.45) is 0.833. The number of benzene rings is 2. The lowest BCUT2D eigenvalue weighted by atomic mass is 10.1. The van der Waals surface area contributed by atoms with Crippen LogP contribution in [0.3, 0.4) is 0 Å². The molecule has 92 valence electrons. The molecule has 0 amide bonds. The normalized spacial score (nSPS) is 8.89. The van der Waals surface area contributed by atoms with Crippen LogP contribution in [0, 0.1) is 0 Å². The van der Waals surface area contributed by atoms with Crippen molar-refractivity contribution in [2.24, 2.45) is 0 Å². The zero-order valence-electron chi connectivity index (χ0n) is 9.78. The van der Waals surface area contributed by atoms with Crippen LogP contribution in [-0.4, -0.2) is 16.2 Å². The maximum absolute atomic E-state index is 9.25. The SMILES string of the molecule is C=CC(=O)O.Oc1ccc(-c2ccccc2)cc1. The zero-order valence-corrected chi connectivity index (χ0v) is 9.78. The van der Waals surface area contributed by atoms with Gasteiger partial charge >= 0.3 is 5.97 Å². The summed E-state index contributed by atoms with van der Waals surface area (Å²) in [5.74, 6) is -0.676. The monoisotopic (exact) mass is 242 g/mol. The molecule has 0 aromatic heterocycles. The molecule has 2 rings (SSSR count). The smallest absolute Gasteiger partial charge is 0.327 e. The number of hydrogen-bond donors (Lipinski definition) is 2. The Balaban J connectivity index is 0.000000280. The first-order chi connectivity index (χ1) is 8.63. The first kappa shape index (κ1) is 13.5. The van der Waals surface area contributed by atoms with Gasteiger partial charge in [0.2, 0.25) is 0 Å². The predicted octanol–water partition coefficient (Wildman–Crippen LogP) is 3.32. The van der Waals surface area contributed by atoms with Crippen LogP contribution in [-0.2, 0) is 4.79 Å². The minimum absolute atomic E-state index is 0.305. The molecule has 0 atom stereocenters. The molecule has 0 aliphatic heterocycles. The van der Waals surface area contributed by atoms with E-state index in [0.717, 1.165) is 11.6 Å². The Morgan fingerprint density at radius 2 is 1.39 bits per heavy atom. The van der Waals surface area contributed by atoms with Crippen molar-refractivity contribution in [1.29, 1.82) is 0 Å². The number of aliphatic carboxylic acids is 1. The van der Waals surface area contributed by atoms with Gasteiger partial charge in [0.05, 0.1) is 0 Å². The van der Waals surface area contributed by atoms with Gasteiger partial charge in [-0.05, 0) is 23.3 Å². The number of aromatic hydroxyl groups is 1. The molecular weight excluding hydrogens is 228 g/mol. The van der Waals surface area contributed by atoms with Crippen molar-refractivity contribution in [1.82, 2.24) is 0 Å². The zero-order chi connectivity index (χ0) is 13.4. The van der Waals surface area contributed by atoms with Crippen molar-refractivity contribution in [3.8, 4) is 16.9 Å². The van der Waals surface area contributed by atoms with Crippen LogP contribution in [0.25, 0.3) is 11.1 Å². The summed E-state index contributed by atoms with van der Waals surface area (Å²) in [6.45, 7) is 2.96. The number of phenols is 1. The van der Waals surface area contributed by atoms with Gasteiger partial charge in [-0.2, -0.15) is 0 Å². The highest BCUT2D eigenvalue weighted by atomic mass is 16.4. The second kappa shape index (κ2) is 6.91. The van der Waals surface area contributed by atoms with E-state index in [2.05, 4.69) is 6.58 Å². The highest BCUT2D eigenvalue weighted by molar-refractivity contribution is 5.78. The molecule has 0 fully saturated rings. The molecule has 0 spiro atoms. The molecule has 0 saturated carbocycles. The van der Waals surface area contributed by atoms with Crippen molar-refractivity contribution >= 4 is 5.97 Å². The van der Waals surface area contributed by atoms with Crippen LogP contribution >= 0.6 is 0 Å². The molecule has 2 aromatic rings. The molecule has 0 aliphatic carbocycles. The minimum Gasteiger partial charge on any atom is -0.508 e. The highest BCUT2D eigenvalue weighted by Gasteiger charge is 1.94. The standard InChI is InChI=1S/C12H10O.C3H4O2/c13-12-8-6-11(7-9-12)10-4-2-1-3-5-10;1-2-3(4)5/h1-9,13H;2H,1H2,(H,4,5). The largest absolute Gasteiger partial charge is 0.508 e. The fraction of sp³-hybridized carbons (Fsp3) is 0. The average molecular weight is 242 g/mol. The summed E-state index contributed by atoms with van der Waals surface area (Å²) in [5.41, 5.74) is 2.29. The Morgan fingerprint density at radius 3 is 1.83 bits per heavy atom. The lowest BCUT2D eigenvalue weighted by Crippen LogP contribution is -1.82. The van der Waals surface area contributed by atoms with E-state index in [1.54, 1.807) is 12.1 Å². The number of carboxylic acid groups (broad SMARTS) is 1. The molecule has 0 radical (unpaired) electrons. The molecule has 0 heterocycles. The van der Waals surface area contributed by atoms with Crippen LogP contribution in [0.5, 0.6) is 5.75 Å². The van der Waals surface area contributed by atoms with E-state index in [9.17, 15) is 4.79 Å². The first-order valence-corrected chi connectivity index (χ1v) is 5.33. The Kier molecular flexibility index (Phi) is 5.19. The van der Waals surface area contributed by atoms with E-state index in [1.807, 2.05) is 42.5 Å². The summed E-state index contributed by atoms with van der Waals surface area (Å²) in [4.78, 5) is 9.25. The van der Waals surface area contributed by atoms with Crippen molar-refractivity contribution in [3.05, 3.63) is 67.3 Å². The summed E-state index contributed by atoms with van der Waals surface area (Å²) >= 11 is 0. The van der Waals surface area contributed by atoms with Crippen LogP contribution in [0.2, 0.25) is 0 Å². The van der Waals surface area contributed by atoms with Crippen molar-refractivity contribution < 1.29 is 15.0 Å². The molecule has 18 heavy (non-hydrogen) atoms. The van der Waals surface area contributed by atoms with Crippen molar-refractivity contribution in [2.75, 3.05) is 0 Å². The van der Waals surface area contributed by atoms with Crippen LogP contribution < -0.4 is 0 Å². The van der Waals surface area contributed by atoms with Gasteiger partial charge in [0.1, 0.15) is 5.75 Å². The Morgan fingerprint density at radius 1 is 0.944 bits per heavy atom. The summed E-state index contributed by atoms with van der Waals surface area (Å²) in [6, 6.07) is 17.3. The van der Waals surface area contributed by atoms with E-state index in [0.29, 0.717) is 5.75 Å². The molecule has 3 heteroatoms. The summed E-state index contributed by atoms with van der Waals surface area (Å²) in [7, 11) is 0. The second-order valence-electron chi connectivity index (χ2n) is 3.46. The third kappa shape index (κ3) is 4.53. The molecule has 0 saturated heterocycles. The number of phenolic OH excluding ortho intramolecular Hbond substituents is 1. The Labute approximate surface area is 106 Å². The van der Waals surface area contributed by atoms with Gasteiger partial charge in [-0.25, -0.2) is 4.79 Å². The fourth-order valence-electron chi connectivity index (χ4n) is 1.28. The van der Waals surface area contributed by atoms with Crippen molar-refractivity contribution in [2.45, 2.75) is 0 Å². The van der Waals surface area contributed by atoms with Crippen LogP contribution in [0.1, 0.15) is 0 Å². The molecule has 2 N–H and O–H groups in total. The van der Waals surface area contributed by atoms with Crippen LogP contribution in [0.15, 0.2) is 67.3 Å². The van der Waals surface area contributed by atoms with E-state index >= 15 is 0 Å². The fourth-order valence-corrected chi connectivity index (χ4v) is 1.28. The minimum atomic E-state index is -0.981. The quantitative estimate of drug-likeness (QED) is 0.794. The Bertz CT molecular complexity index is 501. The van der Waals surface area contributed by atoms with Gasteiger partial charge in [-0.15, -0.1) is 0 Å². The predicted molar refractivity (Wildman–Crippen MR) is 71.4 cm³/mol. The number of hydrogen-bond acceptors (Lipinski definition) is 2. The van der Waals surface area contributed by atoms with Gasteiger partial charge in [0.15, 0.2) is 0 Å². The summed E-state index contributed by atoms with van der Waals surface area (Å²) < 4.78 is 0. The van der Waals surface area contributed by atoms with E-state index < -0.39 is 5.97 Å². The third-order valence-corrected chi connectivity index (χ3v) is 2.15. The number of carboxylic acids is 1. The third-order valence-electron chi connectivity index (χ3n) is 2.15. The summed E-state index contributed by atoms with van der Waals surface area (Å²) in [5, 5.41) is 16.7.